The van der Waals surface area contributed by atoms with Crippen LogP contribution < -0.4 is 19.8 Å². The van der Waals surface area contributed by atoms with E-state index in [-0.39, 0.29) is 5.91 Å². The van der Waals surface area contributed by atoms with Crippen LogP contribution >= 0.6 is 0 Å². The summed E-state index contributed by atoms with van der Waals surface area (Å²) in [5.41, 5.74) is 4.72. The molecule has 0 saturated carbocycles. The molecule has 1 fully saturated rings. The van der Waals surface area contributed by atoms with Gasteiger partial charge in [0.25, 0.3) is 0 Å². The molecule has 3 rings (SSSR count). The van der Waals surface area contributed by atoms with Gasteiger partial charge in [-0.05, 0) is 48.2 Å². The van der Waals surface area contributed by atoms with Crippen LogP contribution in [0, 0.1) is 5.92 Å². The van der Waals surface area contributed by atoms with Crippen molar-refractivity contribution < 1.29 is 14.3 Å². The lowest BCUT2D eigenvalue weighted by atomic mass is 10.1. The number of para-hydroxylation sites is 1. The van der Waals surface area contributed by atoms with E-state index >= 15 is 0 Å². The van der Waals surface area contributed by atoms with E-state index in [9.17, 15) is 4.79 Å². The number of hydrogen-bond acceptors (Lipinski definition) is 6. The third kappa shape index (κ3) is 8.09. The molecule has 1 amide bonds. The highest BCUT2D eigenvalue weighted by Crippen LogP contribution is 2.28. The first-order valence-corrected chi connectivity index (χ1v) is 11.7. The fourth-order valence-electron chi connectivity index (χ4n) is 3.65. The van der Waals surface area contributed by atoms with Gasteiger partial charge in [0.05, 0.1) is 19.9 Å². The monoisotopic (exact) mass is 452 g/mol. The second-order valence-corrected chi connectivity index (χ2v) is 8.65. The molecule has 0 aromatic heterocycles. The number of amides is 1. The average Bonchev–Trinajstić information content (AvgIpc) is 2.84. The summed E-state index contributed by atoms with van der Waals surface area (Å²) in [7, 11) is 1.62. The molecule has 1 saturated heterocycles. The second-order valence-electron chi connectivity index (χ2n) is 8.65. The fourth-order valence-corrected chi connectivity index (χ4v) is 3.65. The van der Waals surface area contributed by atoms with Crippen molar-refractivity contribution in [3.8, 4) is 11.5 Å². The third-order valence-electron chi connectivity index (χ3n) is 5.69. The number of nitrogens with one attached hydrogen (secondary N) is 1. The number of piperazine rings is 1. The van der Waals surface area contributed by atoms with Crippen molar-refractivity contribution in [2.24, 2.45) is 11.0 Å². The lowest BCUT2D eigenvalue weighted by Crippen LogP contribution is -2.47. The van der Waals surface area contributed by atoms with Gasteiger partial charge in [-0.3, -0.25) is 9.69 Å². The van der Waals surface area contributed by atoms with Crippen LogP contribution in [0.15, 0.2) is 53.6 Å². The van der Waals surface area contributed by atoms with Gasteiger partial charge in [0.15, 0.2) is 11.5 Å². The molecule has 0 spiro atoms. The molecular weight excluding hydrogens is 416 g/mol. The van der Waals surface area contributed by atoms with Gasteiger partial charge in [0, 0.05) is 44.8 Å². The number of nitrogens with zero attached hydrogens (tertiary/aromatic N) is 3. The van der Waals surface area contributed by atoms with Gasteiger partial charge in [0.2, 0.25) is 5.91 Å². The molecule has 2 aromatic rings. The summed E-state index contributed by atoms with van der Waals surface area (Å²) in [5.74, 6) is 1.87. The molecule has 178 valence electrons. The highest BCUT2D eigenvalue weighted by molar-refractivity contribution is 5.83. The summed E-state index contributed by atoms with van der Waals surface area (Å²) in [4.78, 5) is 16.9. The largest absolute Gasteiger partial charge is 0.493 e. The van der Waals surface area contributed by atoms with E-state index in [1.807, 2.05) is 24.3 Å². The van der Waals surface area contributed by atoms with Crippen molar-refractivity contribution in [3.63, 3.8) is 0 Å². The molecular formula is C26H36N4O3. The van der Waals surface area contributed by atoms with Crippen molar-refractivity contribution in [1.82, 2.24) is 10.3 Å². The number of ether oxygens (including phenoxy) is 2. The summed E-state index contributed by atoms with van der Waals surface area (Å²) in [5, 5.41) is 4.10. The van der Waals surface area contributed by atoms with Crippen LogP contribution in [0.1, 0.15) is 32.3 Å². The van der Waals surface area contributed by atoms with Crippen molar-refractivity contribution in [2.75, 3.05) is 51.3 Å². The molecule has 7 heteroatoms. The van der Waals surface area contributed by atoms with Crippen LogP contribution in [0.3, 0.4) is 0 Å². The smallest absolute Gasteiger partial charge is 0.241 e. The Balaban J connectivity index is 1.38. The van der Waals surface area contributed by atoms with E-state index in [0.717, 1.165) is 44.7 Å². The Morgan fingerprint density at radius 3 is 2.55 bits per heavy atom. The van der Waals surface area contributed by atoms with Crippen molar-refractivity contribution >= 4 is 17.8 Å². The first-order chi connectivity index (χ1) is 16.0. The van der Waals surface area contributed by atoms with E-state index in [2.05, 4.69) is 58.4 Å². The number of hydrogen-bond donors (Lipinski definition) is 1. The molecule has 1 aliphatic rings. The minimum absolute atomic E-state index is 0.0858. The normalized spacial score (nSPS) is 14.6. The molecule has 2 aromatic carbocycles. The lowest BCUT2D eigenvalue weighted by Gasteiger charge is -2.36. The van der Waals surface area contributed by atoms with E-state index < -0.39 is 0 Å². The van der Waals surface area contributed by atoms with Crippen LogP contribution in [-0.2, 0) is 4.79 Å². The number of methoxy groups -OCH3 is 1. The van der Waals surface area contributed by atoms with E-state index in [1.165, 1.54) is 5.69 Å². The molecule has 0 aliphatic carbocycles. The zero-order valence-corrected chi connectivity index (χ0v) is 20.0. The Hall–Kier alpha value is -3.06. The van der Waals surface area contributed by atoms with Crippen molar-refractivity contribution in [1.29, 1.82) is 0 Å². The highest BCUT2D eigenvalue weighted by Gasteiger charge is 2.17. The molecule has 0 radical (unpaired) electrons. The van der Waals surface area contributed by atoms with E-state index in [0.29, 0.717) is 30.4 Å². The lowest BCUT2D eigenvalue weighted by molar-refractivity contribution is -0.121. The number of carbonyl (C=O) groups is 1. The third-order valence-corrected chi connectivity index (χ3v) is 5.69. The molecule has 1 aliphatic heterocycles. The number of rotatable bonds is 11. The maximum Gasteiger partial charge on any atom is 0.241 e. The second kappa shape index (κ2) is 12.8. The molecule has 0 unspecified atom stereocenters. The van der Waals surface area contributed by atoms with Gasteiger partial charge in [0.1, 0.15) is 0 Å². The van der Waals surface area contributed by atoms with E-state index in [4.69, 9.17) is 9.47 Å². The highest BCUT2D eigenvalue weighted by atomic mass is 16.5. The summed E-state index contributed by atoms with van der Waals surface area (Å²) in [6.45, 7) is 9.58. The summed E-state index contributed by atoms with van der Waals surface area (Å²) in [6, 6.07) is 16.1. The molecule has 7 nitrogen and oxygen atoms in total. The van der Waals surface area contributed by atoms with Gasteiger partial charge in [-0.25, -0.2) is 5.43 Å². The van der Waals surface area contributed by atoms with Crippen molar-refractivity contribution in [3.05, 3.63) is 54.1 Å². The Morgan fingerprint density at radius 1 is 1.09 bits per heavy atom. The Bertz CT molecular complexity index is 894. The topological polar surface area (TPSA) is 66.4 Å². The van der Waals surface area contributed by atoms with Crippen LogP contribution in [0.2, 0.25) is 0 Å². The maximum atomic E-state index is 12.2. The molecule has 1 heterocycles. The molecule has 0 atom stereocenters. The number of carbonyl (C=O) groups excluding carboxylic acids is 1. The van der Waals surface area contributed by atoms with Crippen LogP contribution in [0.5, 0.6) is 11.5 Å². The zero-order chi connectivity index (χ0) is 23.5. The first-order valence-electron chi connectivity index (χ1n) is 11.7. The number of anilines is 1. The number of benzene rings is 2. The zero-order valence-electron chi connectivity index (χ0n) is 20.0. The summed E-state index contributed by atoms with van der Waals surface area (Å²) < 4.78 is 11.2. The summed E-state index contributed by atoms with van der Waals surface area (Å²) in [6.07, 6.45) is 3.03. The van der Waals surface area contributed by atoms with Gasteiger partial charge in [-0.2, -0.15) is 5.10 Å². The Morgan fingerprint density at radius 2 is 1.85 bits per heavy atom. The van der Waals surface area contributed by atoms with Crippen LogP contribution in [0.25, 0.3) is 0 Å². The number of hydrazone groups is 1. The Kier molecular flexibility index (Phi) is 9.57. The van der Waals surface area contributed by atoms with Gasteiger partial charge < -0.3 is 14.4 Å². The van der Waals surface area contributed by atoms with Crippen molar-refractivity contribution in [2.45, 2.75) is 26.7 Å². The van der Waals surface area contributed by atoms with Gasteiger partial charge >= 0.3 is 0 Å². The van der Waals surface area contributed by atoms with Gasteiger partial charge in [-0.1, -0.05) is 32.0 Å². The minimum atomic E-state index is -0.0858. The Labute approximate surface area is 197 Å². The first kappa shape index (κ1) is 24.6. The predicted octanol–water partition coefficient (Wildman–Crippen LogP) is 3.78. The fraction of sp³-hybridized carbons (Fsp3) is 0.462. The van der Waals surface area contributed by atoms with Gasteiger partial charge in [-0.15, -0.1) is 0 Å². The minimum Gasteiger partial charge on any atom is -0.493 e. The SMILES string of the molecule is COc1cc(/C=N/NC(=O)CCN2CCN(c3ccccc3)CC2)ccc1OCCC(C)C. The average molecular weight is 453 g/mol. The maximum absolute atomic E-state index is 12.2. The summed E-state index contributed by atoms with van der Waals surface area (Å²) >= 11 is 0. The van der Waals surface area contributed by atoms with E-state index in [1.54, 1.807) is 13.3 Å². The van der Waals surface area contributed by atoms with Crippen LogP contribution in [-0.4, -0.2) is 63.5 Å². The molecule has 33 heavy (non-hydrogen) atoms. The van der Waals surface area contributed by atoms with Crippen LogP contribution in [0.4, 0.5) is 5.69 Å². The molecule has 1 N–H and O–H groups in total. The standard InChI is InChI=1S/C26H36N4O3/c1-21(2)12-18-33-24-10-9-22(19-25(24)32-3)20-27-28-26(31)11-13-29-14-16-30(17-15-29)23-7-5-4-6-8-23/h4-10,19-21H,11-18H2,1-3H3,(H,28,31)/b27-20+. The quantitative estimate of drug-likeness (QED) is 0.415. The predicted molar refractivity (Wildman–Crippen MR) is 133 cm³/mol. The molecule has 0 bridgehead atoms.